The number of hydrogen-bond donors (Lipinski definition) is 2. The van der Waals surface area contributed by atoms with Gasteiger partial charge in [-0.1, -0.05) is 12.1 Å². The first-order valence-corrected chi connectivity index (χ1v) is 15.1. The molecule has 0 fully saturated rings. The van der Waals surface area contributed by atoms with E-state index >= 15 is 0 Å². The van der Waals surface area contributed by atoms with Gasteiger partial charge in [-0.25, -0.2) is 0 Å². The molecule has 2 N–H and O–H groups in total. The van der Waals surface area contributed by atoms with E-state index in [1.807, 2.05) is 48.5 Å². The van der Waals surface area contributed by atoms with Gasteiger partial charge in [0.05, 0.1) is 44.8 Å². The van der Waals surface area contributed by atoms with Crippen molar-refractivity contribution in [2.24, 2.45) is 0 Å². The third-order valence-corrected chi connectivity index (χ3v) is 8.55. The molecule has 0 aliphatic carbocycles. The van der Waals surface area contributed by atoms with E-state index in [1.54, 1.807) is 40.6 Å². The van der Waals surface area contributed by atoms with Crippen LogP contribution in [0.5, 0.6) is 23.0 Å². The molecule has 8 nitrogen and oxygen atoms in total. The predicted octanol–water partition coefficient (Wildman–Crippen LogP) is 6.96. The van der Waals surface area contributed by atoms with Crippen molar-refractivity contribution >= 4 is 34.7 Å². The molecule has 9 heteroatoms. The summed E-state index contributed by atoms with van der Waals surface area (Å²) >= 11 is 0. The van der Waals surface area contributed by atoms with Gasteiger partial charge in [0.2, 0.25) is 0 Å². The Kier molecular flexibility index (Phi) is 7.36. The minimum Gasteiger partial charge on any atom is -0.497 e. The zero-order valence-corrected chi connectivity index (χ0v) is 25.0. The summed E-state index contributed by atoms with van der Waals surface area (Å²) in [4.78, 5) is 19.3. The summed E-state index contributed by atoms with van der Waals surface area (Å²) in [5.41, 5.74) is 6.51. The van der Waals surface area contributed by atoms with Crippen molar-refractivity contribution in [2.45, 2.75) is 0 Å². The Morgan fingerprint density at radius 3 is 1.26 bits per heavy atom. The highest BCUT2D eigenvalue weighted by Gasteiger charge is 2.19. The molecule has 0 aliphatic rings. The van der Waals surface area contributed by atoms with Gasteiger partial charge in [0.25, 0.3) is 0 Å². The van der Waals surface area contributed by atoms with Crippen LogP contribution in [0, 0.1) is 0 Å². The van der Waals surface area contributed by atoms with Crippen LogP contribution in [0.3, 0.4) is 0 Å². The SMILES string of the molecule is COc1cc(OC)cc(-c2ccc3c(c2)c2cc(-c4cc(OC)cc(OC)c4)ccc2n3-c2ccc(P(=O)(O)O)cc2)c1. The van der Waals surface area contributed by atoms with Crippen molar-refractivity contribution in [1.82, 2.24) is 4.57 Å². The van der Waals surface area contributed by atoms with Crippen LogP contribution in [0.1, 0.15) is 0 Å². The largest absolute Gasteiger partial charge is 0.497 e. The fourth-order valence-electron chi connectivity index (χ4n) is 5.40. The normalized spacial score (nSPS) is 11.6. The molecular weight excluding hydrogens is 565 g/mol. The van der Waals surface area contributed by atoms with E-state index in [2.05, 4.69) is 28.8 Å². The standard InChI is InChI=1S/C34H30NO7P/c1-39-26-13-23(14-27(19-26)40-2)21-5-11-33-31(17-21)32-18-22(24-15-28(41-3)20-29(16-24)42-4)6-12-34(32)35(33)25-7-9-30(10-8-25)43(36,37)38/h5-20H,1-4H3,(H2,36,37,38). The van der Waals surface area contributed by atoms with Gasteiger partial charge in [-0.05, 0) is 95.1 Å². The van der Waals surface area contributed by atoms with Crippen molar-refractivity contribution in [3.63, 3.8) is 0 Å². The quantitative estimate of drug-likeness (QED) is 0.184. The van der Waals surface area contributed by atoms with Gasteiger partial charge in [-0.2, -0.15) is 0 Å². The third-order valence-electron chi connectivity index (χ3n) is 7.58. The van der Waals surface area contributed by atoms with Crippen LogP contribution in [0.15, 0.2) is 97.1 Å². The lowest BCUT2D eigenvalue weighted by Crippen LogP contribution is -2.04. The number of aromatic nitrogens is 1. The summed E-state index contributed by atoms with van der Waals surface area (Å²) in [6.45, 7) is 0. The van der Waals surface area contributed by atoms with E-state index < -0.39 is 7.60 Å². The predicted molar refractivity (Wildman–Crippen MR) is 170 cm³/mol. The second-order valence-corrected chi connectivity index (χ2v) is 11.7. The van der Waals surface area contributed by atoms with Crippen LogP contribution in [0.2, 0.25) is 0 Å². The minimum atomic E-state index is -4.37. The molecule has 6 rings (SSSR count). The van der Waals surface area contributed by atoms with Gasteiger partial charge >= 0.3 is 7.60 Å². The average Bonchev–Trinajstić information content (AvgIpc) is 3.36. The summed E-state index contributed by atoms with van der Waals surface area (Å²) in [5.74, 6) is 2.76. The summed E-state index contributed by atoms with van der Waals surface area (Å²) in [7, 11) is 2.14. The molecule has 1 heterocycles. The van der Waals surface area contributed by atoms with E-state index in [0.29, 0.717) is 23.0 Å². The molecule has 0 saturated heterocycles. The topological polar surface area (TPSA) is 99.4 Å². The maximum atomic E-state index is 11.8. The number of nitrogens with zero attached hydrogens (tertiary/aromatic N) is 1. The minimum absolute atomic E-state index is 0.0273. The fraction of sp³-hybridized carbons (Fsp3) is 0.118. The molecule has 0 saturated carbocycles. The Hall–Kier alpha value is -4.75. The first kappa shape index (κ1) is 28.4. The molecule has 0 aliphatic heterocycles. The van der Waals surface area contributed by atoms with Crippen molar-refractivity contribution in [3.05, 3.63) is 97.1 Å². The summed E-state index contributed by atoms with van der Waals surface area (Å²) in [6.07, 6.45) is 0. The van der Waals surface area contributed by atoms with Gasteiger partial charge < -0.3 is 33.3 Å². The monoisotopic (exact) mass is 595 g/mol. The number of fused-ring (bicyclic) bond motifs is 3. The molecule has 0 spiro atoms. The molecular formula is C34H30NO7P. The first-order valence-electron chi connectivity index (χ1n) is 13.4. The summed E-state index contributed by atoms with van der Waals surface area (Å²) < 4.78 is 36.0. The van der Waals surface area contributed by atoms with Crippen LogP contribution in [0.4, 0.5) is 0 Å². The Bertz CT molecular complexity index is 1870. The zero-order valence-electron chi connectivity index (χ0n) is 24.1. The molecule has 1 aromatic heterocycles. The number of rotatable bonds is 8. The van der Waals surface area contributed by atoms with E-state index in [0.717, 1.165) is 49.7 Å². The highest BCUT2D eigenvalue weighted by Crippen LogP contribution is 2.40. The van der Waals surface area contributed by atoms with Crippen molar-refractivity contribution in [2.75, 3.05) is 28.4 Å². The van der Waals surface area contributed by atoms with Crippen molar-refractivity contribution in [1.29, 1.82) is 0 Å². The molecule has 43 heavy (non-hydrogen) atoms. The second-order valence-electron chi connectivity index (χ2n) is 10.1. The number of hydrogen-bond acceptors (Lipinski definition) is 5. The van der Waals surface area contributed by atoms with Gasteiger partial charge in [-0.15, -0.1) is 0 Å². The Labute approximate surface area is 248 Å². The summed E-state index contributed by atoms with van der Waals surface area (Å²) in [6, 6.07) is 30.5. The number of ether oxygens (including phenoxy) is 4. The van der Waals surface area contributed by atoms with Crippen LogP contribution in [-0.2, 0) is 4.57 Å². The van der Waals surface area contributed by atoms with Crippen LogP contribution in [0.25, 0.3) is 49.7 Å². The molecule has 218 valence electrons. The van der Waals surface area contributed by atoms with E-state index in [9.17, 15) is 14.4 Å². The van der Waals surface area contributed by atoms with E-state index in [4.69, 9.17) is 18.9 Å². The first-order chi connectivity index (χ1) is 20.7. The van der Waals surface area contributed by atoms with Gasteiger partial charge in [0, 0.05) is 28.6 Å². The molecule has 0 atom stereocenters. The Morgan fingerprint density at radius 1 is 0.512 bits per heavy atom. The van der Waals surface area contributed by atoms with Crippen LogP contribution < -0.4 is 24.3 Å². The van der Waals surface area contributed by atoms with Gasteiger partial charge in [0.15, 0.2) is 0 Å². The van der Waals surface area contributed by atoms with Crippen molar-refractivity contribution < 1.29 is 33.3 Å². The summed E-state index contributed by atoms with van der Waals surface area (Å²) in [5, 5.41) is 1.98. The molecule has 5 aromatic carbocycles. The van der Waals surface area contributed by atoms with Gasteiger partial charge in [0.1, 0.15) is 23.0 Å². The number of benzene rings is 5. The molecule has 0 bridgehead atoms. The maximum Gasteiger partial charge on any atom is 0.356 e. The highest BCUT2D eigenvalue weighted by atomic mass is 31.2. The van der Waals surface area contributed by atoms with E-state index in [1.165, 1.54) is 12.1 Å². The fourth-order valence-corrected chi connectivity index (χ4v) is 5.94. The number of methoxy groups -OCH3 is 4. The van der Waals surface area contributed by atoms with Gasteiger partial charge in [-0.3, -0.25) is 4.57 Å². The molecule has 0 unspecified atom stereocenters. The smallest absolute Gasteiger partial charge is 0.356 e. The maximum absolute atomic E-state index is 11.8. The lowest BCUT2D eigenvalue weighted by Gasteiger charge is -2.11. The molecule has 0 radical (unpaired) electrons. The highest BCUT2D eigenvalue weighted by molar-refractivity contribution is 7.60. The van der Waals surface area contributed by atoms with Crippen LogP contribution >= 0.6 is 7.60 Å². The van der Waals surface area contributed by atoms with Crippen molar-refractivity contribution in [3.8, 4) is 50.9 Å². The zero-order chi connectivity index (χ0) is 30.3. The average molecular weight is 596 g/mol. The van der Waals surface area contributed by atoms with Crippen LogP contribution in [-0.4, -0.2) is 42.8 Å². The second kappa shape index (κ2) is 11.2. The lowest BCUT2D eigenvalue weighted by molar-refractivity contribution is 0.387. The molecule has 0 amide bonds. The Morgan fingerprint density at radius 2 is 0.907 bits per heavy atom. The molecule has 6 aromatic rings. The third kappa shape index (κ3) is 5.32. The Balaban J connectivity index is 1.61. The van der Waals surface area contributed by atoms with E-state index in [-0.39, 0.29) is 5.30 Å². The lowest BCUT2D eigenvalue weighted by atomic mass is 9.99.